The third kappa shape index (κ3) is 2.62. The van der Waals surface area contributed by atoms with Crippen LogP contribution in [0, 0.1) is 5.95 Å². The second-order valence-electron chi connectivity index (χ2n) is 4.36. The fourth-order valence-electron chi connectivity index (χ4n) is 2.21. The number of pyridine rings is 1. The smallest absolute Gasteiger partial charge is 0.225 e. The Bertz CT molecular complexity index is 540. The molecule has 2 aromatic rings. The first-order chi connectivity index (χ1) is 9.33. The van der Waals surface area contributed by atoms with E-state index in [1.54, 1.807) is 18.5 Å². The van der Waals surface area contributed by atoms with Gasteiger partial charge in [0.2, 0.25) is 11.9 Å². The van der Waals surface area contributed by atoms with Gasteiger partial charge in [-0.3, -0.25) is 0 Å². The predicted molar refractivity (Wildman–Crippen MR) is 70.7 cm³/mol. The normalized spacial score (nSPS) is 15.6. The van der Waals surface area contributed by atoms with E-state index in [0.29, 0.717) is 0 Å². The third-order valence-electron chi connectivity index (χ3n) is 3.19. The SMILES string of the molecule is Fc1cc(N2CCN(c3ncccn3)CC2)ccn1. The molecule has 0 saturated carbocycles. The molecule has 0 aliphatic carbocycles. The Kier molecular flexibility index (Phi) is 3.22. The predicted octanol–water partition coefficient (Wildman–Crippen LogP) is 1.34. The minimum atomic E-state index is -0.439. The average Bonchev–Trinajstić information content (AvgIpc) is 2.48. The summed E-state index contributed by atoms with van der Waals surface area (Å²) in [5, 5.41) is 0. The lowest BCUT2D eigenvalue weighted by Crippen LogP contribution is -2.47. The number of nitrogens with zero attached hydrogens (tertiary/aromatic N) is 5. The molecule has 6 heteroatoms. The highest BCUT2D eigenvalue weighted by Gasteiger charge is 2.19. The Balaban J connectivity index is 1.67. The van der Waals surface area contributed by atoms with Crippen molar-refractivity contribution < 1.29 is 4.39 Å². The maximum Gasteiger partial charge on any atom is 0.225 e. The highest BCUT2D eigenvalue weighted by molar-refractivity contribution is 5.47. The molecule has 0 bridgehead atoms. The maximum absolute atomic E-state index is 13.1. The van der Waals surface area contributed by atoms with Crippen LogP contribution >= 0.6 is 0 Å². The van der Waals surface area contributed by atoms with Crippen LogP contribution in [0.2, 0.25) is 0 Å². The summed E-state index contributed by atoms with van der Waals surface area (Å²) in [5.74, 6) is 0.314. The first-order valence-electron chi connectivity index (χ1n) is 6.21. The molecule has 0 N–H and O–H groups in total. The van der Waals surface area contributed by atoms with Crippen molar-refractivity contribution in [2.75, 3.05) is 36.0 Å². The van der Waals surface area contributed by atoms with Gasteiger partial charge in [0.1, 0.15) is 0 Å². The van der Waals surface area contributed by atoms with Gasteiger partial charge in [0, 0.05) is 56.5 Å². The van der Waals surface area contributed by atoms with E-state index in [1.165, 1.54) is 12.3 Å². The van der Waals surface area contributed by atoms with Gasteiger partial charge in [0.05, 0.1) is 0 Å². The van der Waals surface area contributed by atoms with E-state index in [-0.39, 0.29) is 0 Å². The summed E-state index contributed by atoms with van der Waals surface area (Å²) in [4.78, 5) is 16.3. The third-order valence-corrected chi connectivity index (χ3v) is 3.19. The molecule has 1 fully saturated rings. The lowest BCUT2D eigenvalue weighted by molar-refractivity contribution is 0.580. The van der Waals surface area contributed by atoms with Crippen molar-refractivity contribution in [3.8, 4) is 0 Å². The van der Waals surface area contributed by atoms with Crippen molar-refractivity contribution in [3.63, 3.8) is 0 Å². The minimum absolute atomic E-state index is 0.439. The summed E-state index contributed by atoms with van der Waals surface area (Å²) in [6.45, 7) is 3.30. The number of hydrogen-bond donors (Lipinski definition) is 0. The maximum atomic E-state index is 13.1. The van der Waals surface area contributed by atoms with E-state index in [9.17, 15) is 4.39 Å². The zero-order chi connectivity index (χ0) is 13.1. The Labute approximate surface area is 110 Å². The van der Waals surface area contributed by atoms with E-state index in [2.05, 4.69) is 24.8 Å². The summed E-state index contributed by atoms with van der Waals surface area (Å²) in [5.41, 5.74) is 0.876. The molecular weight excluding hydrogens is 245 g/mol. The van der Waals surface area contributed by atoms with Crippen molar-refractivity contribution in [2.45, 2.75) is 0 Å². The number of hydrogen-bond acceptors (Lipinski definition) is 5. The number of rotatable bonds is 2. The van der Waals surface area contributed by atoms with E-state index in [4.69, 9.17) is 0 Å². The minimum Gasteiger partial charge on any atom is -0.368 e. The van der Waals surface area contributed by atoms with Gasteiger partial charge in [0.15, 0.2) is 0 Å². The van der Waals surface area contributed by atoms with E-state index >= 15 is 0 Å². The van der Waals surface area contributed by atoms with Crippen LogP contribution in [0.1, 0.15) is 0 Å². The summed E-state index contributed by atoms with van der Waals surface area (Å²) in [6, 6.07) is 5.10. The highest BCUT2D eigenvalue weighted by atomic mass is 19.1. The van der Waals surface area contributed by atoms with Crippen molar-refractivity contribution in [1.82, 2.24) is 15.0 Å². The molecule has 0 spiro atoms. The summed E-state index contributed by atoms with van der Waals surface area (Å²) >= 11 is 0. The van der Waals surface area contributed by atoms with Crippen LogP contribution in [-0.4, -0.2) is 41.1 Å². The van der Waals surface area contributed by atoms with Gasteiger partial charge >= 0.3 is 0 Å². The summed E-state index contributed by atoms with van der Waals surface area (Å²) in [7, 11) is 0. The van der Waals surface area contributed by atoms with Gasteiger partial charge in [-0.05, 0) is 12.1 Å². The number of piperazine rings is 1. The largest absolute Gasteiger partial charge is 0.368 e. The molecule has 1 aliphatic heterocycles. The molecule has 2 aromatic heterocycles. The zero-order valence-electron chi connectivity index (χ0n) is 10.4. The standard InChI is InChI=1S/C13H14FN5/c14-12-10-11(2-5-15-12)18-6-8-19(9-7-18)13-16-3-1-4-17-13/h1-5,10H,6-9H2. The lowest BCUT2D eigenvalue weighted by atomic mass is 10.2. The number of halogens is 1. The van der Waals surface area contributed by atoms with E-state index in [1.807, 2.05) is 6.07 Å². The monoisotopic (exact) mass is 259 g/mol. The van der Waals surface area contributed by atoms with Gasteiger partial charge in [-0.15, -0.1) is 0 Å². The van der Waals surface area contributed by atoms with Crippen molar-refractivity contribution in [3.05, 3.63) is 42.7 Å². The van der Waals surface area contributed by atoms with E-state index < -0.39 is 5.95 Å². The van der Waals surface area contributed by atoms with Crippen molar-refractivity contribution in [1.29, 1.82) is 0 Å². The molecule has 3 heterocycles. The van der Waals surface area contributed by atoms with Gasteiger partial charge in [0.25, 0.3) is 0 Å². The highest BCUT2D eigenvalue weighted by Crippen LogP contribution is 2.17. The number of anilines is 2. The Morgan fingerprint density at radius 2 is 1.58 bits per heavy atom. The Morgan fingerprint density at radius 1 is 0.895 bits per heavy atom. The van der Waals surface area contributed by atoms with Crippen LogP contribution in [0.4, 0.5) is 16.0 Å². The van der Waals surface area contributed by atoms with Crippen molar-refractivity contribution >= 4 is 11.6 Å². The van der Waals surface area contributed by atoms with Crippen LogP contribution in [0.3, 0.4) is 0 Å². The molecule has 0 unspecified atom stereocenters. The Morgan fingerprint density at radius 3 is 2.26 bits per heavy atom. The summed E-state index contributed by atoms with van der Waals surface area (Å²) < 4.78 is 13.1. The molecular formula is C13H14FN5. The van der Waals surface area contributed by atoms with Gasteiger partial charge < -0.3 is 9.80 Å². The van der Waals surface area contributed by atoms with Gasteiger partial charge in [-0.2, -0.15) is 4.39 Å². The first kappa shape index (κ1) is 11.8. The summed E-state index contributed by atoms with van der Waals surface area (Å²) in [6.07, 6.45) is 4.98. The molecule has 5 nitrogen and oxygen atoms in total. The molecule has 3 rings (SSSR count). The zero-order valence-corrected chi connectivity index (χ0v) is 10.4. The number of aromatic nitrogens is 3. The molecule has 1 saturated heterocycles. The average molecular weight is 259 g/mol. The molecule has 19 heavy (non-hydrogen) atoms. The molecule has 0 aromatic carbocycles. The quantitative estimate of drug-likeness (QED) is 0.761. The molecule has 0 radical (unpaired) electrons. The van der Waals surface area contributed by atoms with Crippen LogP contribution in [0.5, 0.6) is 0 Å². The van der Waals surface area contributed by atoms with Gasteiger partial charge in [-0.1, -0.05) is 0 Å². The first-order valence-corrected chi connectivity index (χ1v) is 6.21. The lowest BCUT2D eigenvalue weighted by Gasteiger charge is -2.35. The van der Waals surface area contributed by atoms with Crippen LogP contribution in [0.25, 0.3) is 0 Å². The molecule has 1 aliphatic rings. The Hall–Kier alpha value is -2.24. The topological polar surface area (TPSA) is 45.2 Å². The van der Waals surface area contributed by atoms with Crippen LogP contribution < -0.4 is 9.80 Å². The second-order valence-corrected chi connectivity index (χ2v) is 4.36. The van der Waals surface area contributed by atoms with Crippen LogP contribution in [-0.2, 0) is 0 Å². The van der Waals surface area contributed by atoms with Gasteiger partial charge in [-0.25, -0.2) is 15.0 Å². The van der Waals surface area contributed by atoms with Crippen molar-refractivity contribution in [2.24, 2.45) is 0 Å². The second kappa shape index (κ2) is 5.17. The molecule has 0 atom stereocenters. The molecule has 0 amide bonds. The fourth-order valence-corrected chi connectivity index (χ4v) is 2.21. The van der Waals surface area contributed by atoms with Crippen LogP contribution in [0.15, 0.2) is 36.8 Å². The van der Waals surface area contributed by atoms with E-state index in [0.717, 1.165) is 37.8 Å². The molecule has 98 valence electrons. The fraction of sp³-hybridized carbons (Fsp3) is 0.308.